The molecule has 0 saturated heterocycles. The van der Waals surface area contributed by atoms with E-state index in [2.05, 4.69) is 9.72 Å². The van der Waals surface area contributed by atoms with Crippen LogP contribution in [-0.4, -0.2) is 18.1 Å². The molecule has 0 atom stereocenters. The number of carbonyl (C=O) groups is 1. The van der Waals surface area contributed by atoms with Crippen LogP contribution >= 0.6 is 0 Å². The number of pyridine rings is 1. The first kappa shape index (κ1) is 12.0. The molecule has 2 N–H and O–H groups in total. The maximum atomic E-state index is 13.7. The number of benzene rings is 1. The molecule has 0 bridgehead atoms. The van der Waals surface area contributed by atoms with Crippen LogP contribution in [0, 0.1) is 5.82 Å². The summed E-state index contributed by atoms with van der Waals surface area (Å²) in [5, 5.41) is 0. The predicted octanol–water partition coefficient (Wildman–Crippen LogP) is 2.26. The highest BCUT2D eigenvalue weighted by Gasteiger charge is 2.10. The Hall–Kier alpha value is -2.43. The number of aromatic nitrogens is 1. The second-order valence-corrected chi connectivity index (χ2v) is 3.66. The third-order valence-electron chi connectivity index (χ3n) is 2.45. The number of carbonyl (C=O) groups excluding carboxylic acids is 1. The number of rotatable bonds is 2. The van der Waals surface area contributed by atoms with Gasteiger partial charge >= 0.3 is 5.97 Å². The first-order valence-corrected chi connectivity index (χ1v) is 5.21. The van der Waals surface area contributed by atoms with Crippen molar-refractivity contribution in [3.63, 3.8) is 0 Å². The molecule has 18 heavy (non-hydrogen) atoms. The van der Waals surface area contributed by atoms with Crippen molar-refractivity contribution in [2.45, 2.75) is 0 Å². The van der Waals surface area contributed by atoms with Crippen molar-refractivity contribution in [1.82, 2.24) is 4.98 Å². The van der Waals surface area contributed by atoms with Crippen molar-refractivity contribution in [3.8, 4) is 11.3 Å². The lowest BCUT2D eigenvalue weighted by Gasteiger charge is -2.05. The van der Waals surface area contributed by atoms with E-state index in [4.69, 9.17) is 5.73 Å². The summed E-state index contributed by atoms with van der Waals surface area (Å²) < 4.78 is 18.3. The molecule has 0 amide bonds. The molecule has 5 heteroatoms. The van der Waals surface area contributed by atoms with Gasteiger partial charge in [-0.2, -0.15) is 0 Å². The molecule has 0 fully saturated rings. The van der Waals surface area contributed by atoms with Crippen molar-refractivity contribution >= 4 is 11.7 Å². The molecule has 0 aliphatic carbocycles. The van der Waals surface area contributed by atoms with Gasteiger partial charge in [-0.05, 0) is 30.3 Å². The van der Waals surface area contributed by atoms with Crippen LogP contribution in [0.3, 0.4) is 0 Å². The first-order valence-electron chi connectivity index (χ1n) is 5.21. The van der Waals surface area contributed by atoms with Crippen molar-refractivity contribution in [2.75, 3.05) is 12.8 Å². The summed E-state index contributed by atoms with van der Waals surface area (Å²) in [5.74, 6) is -0.973. The van der Waals surface area contributed by atoms with Gasteiger partial charge in [-0.25, -0.2) is 9.18 Å². The Morgan fingerprint density at radius 2 is 2.11 bits per heavy atom. The minimum atomic E-state index is -0.491. The molecule has 0 saturated carbocycles. The summed E-state index contributed by atoms with van der Waals surface area (Å²) in [5.41, 5.74) is 6.77. The summed E-state index contributed by atoms with van der Waals surface area (Å²) in [6.07, 6.45) is 1.43. The van der Waals surface area contributed by atoms with Gasteiger partial charge in [-0.3, -0.25) is 4.98 Å². The van der Waals surface area contributed by atoms with E-state index in [1.165, 1.54) is 37.6 Å². The average molecular weight is 246 g/mol. The molecule has 0 unspecified atom stereocenters. The fraction of sp³-hybridized carbons (Fsp3) is 0.0769. The molecule has 0 aliphatic heterocycles. The highest BCUT2D eigenvalue weighted by molar-refractivity contribution is 5.90. The molecule has 0 spiro atoms. The Morgan fingerprint density at radius 1 is 1.33 bits per heavy atom. The van der Waals surface area contributed by atoms with Crippen LogP contribution in [0.15, 0.2) is 36.5 Å². The predicted molar refractivity (Wildman–Crippen MR) is 65.4 cm³/mol. The summed E-state index contributed by atoms with van der Waals surface area (Å²) in [7, 11) is 1.28. The Balaban J connectivity index is 2.48. The Kier molecular flexibility index (Phi) is 3.23. The lowest BCUT2D eigenvalue weighted by molar-refractivity contribution is 0.0600. The summed E-state index contributed by atoms with van der Waals surface area (Å²) >= 11 is 0. The van der Waals surface area contributed by atoms with E-state index in [1.54, 1.807) is 6.07 Å². The van der Waals surface area contributed by atoms with E-state index in [-0.39, 0.29) is 5.56 Å². The molecule has 1 heterocycles. The van der Waals surface area contributed by atoms with Crippen LogP contribution in [-0.2, 0) is 4.74 Å². The number of nitrogen functional groups attached to an aromatic ring is 1. The number of nitrogens with two attached hydrogens (primary N) is 1. The normalized spacial score (nSPS) is 10.1. The Morgan fingerprint density at radius 3 is 2.78 bits per heavy atom. The zero-order valence-corrected chi connectivity index (χ0v) is 9.68. The van der Waals surface area contributed by atoms with Gasteiger partial charge in [-0.15, -0.1) is 0 Å². The lowest BCUT2D eigenvalue weighted by Crippen LogP contribution is -2.02. The number of hydrogen-bond acceptors (Lipinski definition) is 4. The van der Waals surface area contributed by atoms with Crippen molar-refractivity contribution in [2.24, 2.45) is 0 Å². The molecule has 1 aromatic heterocycles. The van der Waals surface area contributed by atoms with Gasteiger partial charge in [0, 0.05) is 17.4 Å². The van der Waals surface area contributed by atoms with Crippen LogP contribution < -0.4 is 5.73 Å². The minimum absolute atomic E-state index is 0.287. The highest BCUT2D eigenvalue weighted by Crippen LogP contribution is 2.23. The monoisotopic (exact) mass is 246 g/mol. The van der Waals surface area contributed by atoms with E-state index >= 15 is 0 Å². The average Bonchev–Trinajstić information content (AvgIpc) is 2.38. The number of hydrogen-bond donors (Lipinski definition) is 1. The second-order valence-electron chi connectivity index (χ2n) is 3.66. The third kappa shape index (κ3) is 2.29. The molecule has 92 valence electrons. The van der Waals surface area contributed by atoms with Gasteiger partial charge in [0.2, 0.25) is 0 Å². The summed E-state index contributed by atoms with van der Waals surface area (Å²) in [6.45, 7) is 0. The van der Waals surface area contributed by atoms with E-state index in [0.29, 0.717) is 16.9 Å². The topological polar surface area (TPSA) is 65.2 Å². The van der Waals surface area contributed by atoms with Gasteiger partial charge < -0.3 is 10.5 Å². The standard InChI is InChI=1S/C13H11FN2O2/c1-18-13(17)8-4-5-16-12(6-8)10-3-2-9(15)7-11(10)14/h2-7H,15H2,1H3. The van der Waals surface area contributed by atoms with Gasteiger partial charge in [-0.1, -0.05) is 0 Å². The van der Waals surface area contributed by atoms with Gasteiger partial charge in [0.05, 0.1) is 18.4 Å². The fourth-order valence-corrected chi connectivity index (χ4v) is 1.56. The lowest BCUT2D eigenvalue weighted by atomic mass is 10.1. The molecule has 2 aromatic rings. The molecular formula is C13H11FN2O2. The number of esters is 1. The fourth-order valence-electron chi connectivity index (χ4n) is 1.56. The number of halogens is 1. The SMILES string of the molecule is COC(=O)c1ccnc(-c2ccc(N)cc2F)c1. The van der Waals surface area contributed by atoms with Crippen LogP contribution in [0.2, 0.25) is 0 Å². The van der Waals surface area contributed by atoms with E-state index in [1.807, 2.05) is 0 Å². The van der Waals surface area contributed by atoms with Gasteiger partial charge in [0.1, 0.15) is 5.82 Å². The van der Waals surface area contributed by atoms with E-state index in [0.717, 1.165) is 0 Å². The zero-order chi connectivity index (χ0) is 13.1. The highest BCUT2D eigenvalue weighted by atomic mass is 19.1. The van der Waals surface area contributed by atoms with Crippen LogP contribution in [0.25, 0.3) is 11.3 Å². The maximum absolute atomic E-state index is 13.7. The van der Waals surface area contributed by atoms with Crippen molar-refractivity contribution in [3.05, 3.63) is 47.9 Å². The Bertz CT molecular complexity index is 599. The number of methoxy groups -OCH3 is 1. The number of nitrogens with zero attached hydrogens (tertiary/aromatic N) is 1. The zero-order valence-electron chi connectivity index (χ0n) is 9.68. The van der Waals surface area contributed by atoms with Gasteiger partial charge in [0.25, 0.3) is 0 Å². The van der Waals surface area contributed by atoms with Crippen molar-refractivity contribution in [1.29, 1.82) is 0 Å². The second kappa shape index (κ2) is 4.83. The van der Waals surface area contributed by atoms with Crippen molar-refractivity contribution < 1.29 is 13.9 Å². The van der Waals surface area contributed by atoms with Gasteiger partial charge in [0.15, 0.2) is 0 Å². The first-order chi connectivity index (χ1) is 8.61. The largest absolute Gasteiger partial charge is 0.465 e. The summed E-state index contributed by atoms with van der Waals surface area (Å²) in [6, 6.07) is 7.28. The molecule has 0 radical (unpaired) electrons. The minimum Gasteiger partial charge on any atom is -0.465 e. The quantitative estimate of drug-likeness (QED) is 0.652. The van der Waals surface area contributed by atoms with Crippen LogP contribution in [0.4, 0.5) is 10.1 Å². The van der Waals surface area contributed by atoms with Crippen LogP contribution in [0.1, 0.15) is 10.4 Å². The van der Waals surface area contributed by atoms with Crippen LogP contribution in [0.5, 0.6) is 0 Å². The summed E-state index contributed by atoms with van der Waals surface area (Å²) in [4.78, 5) is 15.4. The molecular weight excluding hydrogens is 235 g/mol. The Labute approximate surface area is 103 Å². The molecule has 0 aliphatic rings. The molecule has 1 aromatic carbocycles. The number of ether oxygens (including phenoxy) is 1. The molecule has 4 nitrogen and oxygen atoms in total. The number of anilines is 1. The molecule has 2 rings (SSSR count). The third-order valence-corrected chi connectivity index (χ3v) is 2.45. The maximum Gasteiger partial charge on any atom is 0.337 e. The smallest absolute Gasteiger partial charge is 0.337 e. The van der Waals surface area contributed by atoms with E-state index in [9.17, 15) is 9.18 Å². The van der Waals surface area contributed by atoms with E-state index < -0.39 is 11.8 Å².